The Morgan fingerprint density at radius 3 is 2.63 bits per heavy atom. The molecule has 1 aliphatic carbocycles. The zero-order valence-corrected chi connectivity index (χ0v) is 13.2. The first kappa shape index (κ1) is 15.3. The fourth-order valence-corrected chi connectivity index (χ4v) is 4.25. The second kappa shape index (κ2) is 6.55. The van der Waals surface area contributed by atoms with Crippen molar-refractivity contribution in [1.29, 1.82) is 0 Å². The summed E-state index contributed by atoms with van der Waals surface area (Å²) < 4.78 is 0. The Morgan fingerprint density at radius 1 is 1.11 bits per heavy atom. The molecule has 0 spiro atoms. The number of rotatable bonds is 2. The van der Waals surface area contributed by atoms with Crippen LogP contribution in [-0.4, -0.2) is 54.6 Å². The number of likely N-dealkylation sites (N-methyl/N-ethyl adjacent to an activating group) is 1. The highest BCUT2D eigenvalue weighted by Crippen LogP contribution is 2.36. The Bertz CT molecular complexity index is 281. The normalized spacial score (nSPS) is 39.8. The molecule has 0 aromatic carbocycles. The summed E-state index contributed by atoms with van der Waals surface area (Å²) in [6, 6.07) is 0.643. The van der Waals surface area contributed by atoms with Crippen molar-refractivity contribution in [3.05, 3.63) is 0 Å². The van der Waals surface area contributed by atoms with Gasteiger partial charge in [-0.2, -0.15) is 0 Å². The highest BCUT2D eigenvalue weighted by atomic mass is 15.3. The van der Waals surface area contributed by atoms with Crippen LogP contribution in [0.15, 0.2) is 0 Å². The van der Waals surface area contributed by atoms with Gasteiger partial charge in [0.1, 0.15) is 0 Å². The SMILES string of the molecule is CC1CCCC(CN)(N2CCCN(C)CC2C)CC1. The summed E-state index contributed by atoms with van der Waals surface area (Å²) in [5, 5.41) is 0. The van der Waals surface area contributed by atoms with E-state index in [2.05, 4.69) is 30.7 Å². The lowest BCUT2D eigenvalue weighted by Gasteiger charge is -2.46. The molecule has 19 heavy (non-hydrogen) atoms. The van der Waals surface area contributed by atoms with Crippen LogP contribution >= 0.6 is 0 Å². The Labute approximate surface area is 119 Å². The molecule has 112 valence electrons. The molecular formula is C16H33N3. The largest absolute Gasteiger partial charge is 0.329 e. The van der Waals surface area contributed by atoms with Gasteiger partial charge in [-0.3, -0.25) is 4.90 Å². The van der Waals surface area contributed by atoms with Gasteiger partial charge in [0.2, 0.25) is 0 Å². The summed E-state index contributed by atoms with van der Waals surface area (Å²) in [4.78, 5) is 5.25. The smallest absolute Gasteiger partial charge is 0.0335 e. The molecule has 2 rings (SSSR count). The van der Waals surface area contributed by atoms with Crippen LogP contribution < -0.4 is 5.73 Å². The molecule has 3 atom stereocenters. The number of hydrogen-bond acceptors (Lipinski definition) is 3. The van der Waals surface area contributed by atoms with E-state index in [1.165, 1.54) is 58.2 Å². The average molecular weight is 267 g/mol. The third kappa shape index (κ3) is 3.50. The Kier molecular flexibility index (Phi) is 5.27. The highest BCUT2D eigenvalue weighted by molar-refractivity contribution is 4.97. The van der Waals surface area contributed by atoms with Crippen LogP contribution in [0.25, 0.3) is 0 Å². The van der Waals surface area contributed by atoms with E-state index >= 15 is 0 Å². The topological polar surface area (TPSA) is 32.5 Å². The van der Waals surface area contributed by atoms with Crippen LogP contribution in [0.3, 0.4) is 0 Å². The molecule has 1 saturated carbocycles. The molecule has 3 heteroatoms. The van der Waals surface area contributed by atoms with Crippen LogP contribution in [0.2, 0.25) is 0 Å². The third-order valence-electron chi connectivity index (χ3n) is 5.48. The quantitative estimate of drug-likeness (QED) is 0.779. The molecular weight excluding hydrogens is 234 g/mol. The highest BCUT2D eigenvalue weighted by Gasteiger charge is 2.39. The predicted octanol–water partition coefficient (Wildman–Crippen LogP) is 2.31. The van der Waals surface area contributed by atoms with Crippen LogP contribution in [0.4, 0.5) is 0 Å². The summed E-state index contributed by atoms with van der Waals surface area (Å²) in [7, 11) is 2.25. The number of nitrogens with two attached hydrogens (primary N) is 1. The van der Waals surface area contributed by atoms with Gasteiger partial charge in [-0.25, -0.2) is 0 Å². The number of hydrogen-bond donors (Lipinski definition) is 1. The maximum absolute atomic E-state index is 6.28. The van der Waals surface area contributed by atoms with Gasteiger partial charge in [-0.05, 0) is 52.1 Å². The second-order valence-electron chi connectivity index (χ2n) is 7.12. The molecule has 1 heterocycles. The summed E-state index contributed by atoms with van der Waals surface area (Å²) in [5.41, 5.74) is 6.56. The fraction of sp³-hybridized carbons (Fsp3) is 1.00. The lowest BCUT2D eigenvalue weighted by atomic mass is 9.86. The lowest BCUT2D eigenvalue weighted by molar-refractivity contribution is 0.0430. The molecule has 0 amide bonds. The van der Waals surface area contributed by atoms with E-state index in [0.717, 1.165) is 12.5 Å². The van der Waals surface area contributed by atoms with E-state index in [1.54, 1.807) is 0 Å². The van der Waals surface area contributed by atoms with E-state index in [4.69, 9.17) is 5.73 Å². The zero-order valence-electron chi connectivity index (χ0n) is 13.2. The minimum absolute atomic E-state index is 0.287. The van der Waals surface area contributed by atoms with Crippen molar-refractivity contribution in [2.75, 3.05) is 33.2 Å². The van der Waals surface area contributed by atoms with Gasteiger partial charge >= 0.3 is 0 Å². The van der Waals surface area contributed by atoms with Crippen molar-refractivity contribution in [3.8, 4) is 0 Å². The van der Waals surface area contributed by atoms with Gasteiger partial charge in [0.05, 0.1) is 0 Å². The van der Waals surface area contributed by atoms with E-state index in [9.17, 15) is 0 Å². The summed E-state index contributed by atoms with van der Waals surface area (Å²) in [6.07, 6.45) is 8.01. The fourth-order valence-electron chi connectivity index (χ4n) is 4.25. The van der Waals surface area contributed by atoms with Gasteiger partial charge in [0.15, 0.2) is 0 Å². The maximum Gasteiger partial charge on any atom is 0.0335 e. The lowest BCUT2D eigenvalue weighted by Crippen LogP contribution is -2.58. The number of nitrogens with zero attached hydrogens (tertiary/aromatic N) is 2. The van der Waals surface area contributed by atoms with Crippen molar-refractivity contribution < 1.29 is 0 Å². The van der Waals surface area contributed by atoms with E-state index in [0.29, 0.717) is 6.04 Å². The molecule has 3 nitrogen and oxygen atoms in total. The Balaban J connectivity index is 2.14. The molecule has 1 saturated heterocycles. The maximum atomic E-state index is 6.28. The van der Waals surface area contributed by atoms with Crippen LogP contribution in [0, 0.1) is 5.92 Å². The molecule has 0 radical (unpaired) electrons. The molecule has 2 fully saturated rings. The molecule has 2 N–H and O–H groups in total. The Hall–Kier alpha value is -0.120. The van der Waals surface area contributed by atoms with Crippen LogP contribution in [-0.2, 0) is 0 Å². The van der Waals surface area contributed by atoms with Gasteiger partial charge in [-0.1, -0.05) is 19.8 Å². The standard InChI is InChI=1S/C16H33N3/c1-14-6-4-8-16(13-17,9-7-14)19-11-5-10-18(3)12-15(19)2/h14-15H,4-13,17H2,1-3H3. The summed E-state index contributed by atoms with van der Waals surface area (Å²) >= 11 is 0. The molecule has 2 aliphatic rings. The van der Waals surface area contributed by atoms with E-state index in [-0.39, 0.29) is 5.54 Å². The zero-order chi connectivity index (χ0) is 13.9. The molecule has 3 unspecified atom stereocenters. The first-order chi connectivity index (χ1) is 9.07. The second-order valence-corrected chi connectivity index (χ2v) is 7.12. The van der Waals surface area contributed by atoms with E-state index in [1.807, 2.05) is 0 Å². The minimum atomic E-state index is 0.287. The van der Waals surface area contributed by atoms with Crippen molar-refractivity contribution in [2.45, 2.75) is 64.0 Å². The minimum Gasteiger partial charge on any atom is -0.329 e. The first-order valence-corrected chi connectivity index (χ1v) is 8.23. The van der Waals surface area contributed by atoms with Crippen molar-refractivity contribution in [1.82, 2.24) is 9.80 Å². The molecule has 0 bridgehead atoms. The summed E-state index contributed by atoms with van der Waals surface area (Å²) in [6.45, 7) is 9.31. The van der Waals surface area contributed by atoms with Crippen molar-refractivity contribution in [2.24, 2.45) is 11.7 Å². The van der Waals surface area contributed by atoms with Crippen LogP contribution in [0.1, 0.15) is 52.4 Å². The summed E-state index contributed by atoms with van der Waals surface area (Å²) in [5.74, 6) is 0.887. The molecule has 1 aliphatic heterocycles. The average Bonchev–Trinajstić information content (AvgIpc) is 2.66. The molecule has 0 aromatic heterocycles. The van der Waals surface area contributed by atoms with E-state index < -0.39 is 0 Å². The van der Waals surface area contributed by atoms with Gasteiger partial charge < -0.3 is 10.6 Å². The van der Waals surface area contributed by atoms with Crippen LogP contribution in [0.5, 0.6) is 0 Å². The first-order valence-electron chi connectivity index (χ1n) is 8.23. The van der Waals surface area contributed by atoms with Gasteiger partial charge in [0.25, 0.3) is 0 Å². The monoisotopic (exact) mass is 267 g/mol. The third-order valence-corrected chi connectivity index (χ3v) is 5.48. The molecule has 0 aromatic rings. The van der Waals surface area contributed by atoms with Crippen molar-refractivity contribution in [3.63, 3.8) is 0 Å². The van der Waals surface area contributed by atoms with Crippen molar-refractivity contribution >= 4 is 0 Å². The Morgan fingerprint density at radius 2 is 1.89 bits per heavy atom. The predicted molar refractivity (Wildman–Crippen MR) is 82.3 cm³/mol. The van der Waals surface area contributed by atoms with Gasteiger partial charge in [-0.15, -0.1) is 0 Å². The van der Waals surface area contributed by atoms with Gasteiger partial charge in [0, 0.05) is 31.2 Å².